The highest BCUT2D eigenvalue weighted by atomic mass is 19.2. The van der Waals surface area contributed by atoms with Gasteiger partial charge in [0.25, 0.3) is 0 Å². The van der Waals surface area contributed by atoms with Crippen molar-refractivity contribution < 1.29 is 13.9 Å². The highest BCUT2D eigenvalue weighted by Gasteiger charge is 2.15. The Bertz CT molecular complexity index is 546. The molecule has 0 aliphatic carbocycles. The van der Waals surface area contributed by atoms with E-state index in [9.17, 15) is 13.9 Å². The lowest BCUT2D eigenvalue weighted by molar-refractivity contribution is 0.456. The number of hydrogen-bond donors (Lipinski definition) is 2. The van der Waals surface area contributed by atoms with Crippen LogP contribution in [0.2, 0.25) is 0 Å². The third kappa shape index (κ3) is 1.66. The van der Waals surface area contributed by atoms with Crippen molar-refractivity contribution >= 4 is 0 Å². The molecule has 0 unspecified atom stereocenters. The predicted molar refractivity (Wildman–Crippen MR) is 57.3 cm³/mol. The maximum Gasteiger partial charge on any atom is 0.168 e. The summed E-state index contributed by atoms with van der Waals surface area (Å²) in [7, 11) is 0. The molecule has 1 aromatic heterocycles. The lowest BCUT2D eigenvalue weighted by Crippen LogP contribution is -1.91. The van der Waals surface area contributed by atoms with Crippen LogP contribution in [0.3, 0.4) is 0 Å². The topological polar surface area (TPSA) is 36.0 Å². The maximum absolute atomic E-state index is 13.6. The maximum atomic E-state index is 13.6. The Morgan fingerprint density at radius 1 is 1.12 bits per heavy atom. The monoisotopic (exact) mass is 223 g/mol. The Morgan fingerprint density at radius 2 is 1.81 bits per heavy atom. The molecular weight excluding hydrogens is 212 g/mol. The summed E-state index contributed by atoms with van der Waals surface area (Å²) in [5.41, 5.74) is 2.20. The van der Waals surface area contributed by atoms with E-state index in [1.54, 1.807) is 6.92 Å². The van der Waals surface area contributed by atoms with Crippen LogP contribution in [-0.2, 0) is 0 Å². The Hall–Kier alpha value is -1.84. The largest absolute Gasteiger partial charge is 0.508 e. The molecule has 4 heteroatoms. The van der Waals surface area contributed by atoms with Gasteiger partial charge in [-0.25, -0.2) is 8.78 Å². The first-order chi connectivity index (χ1) is 7.49. The van der Waals surface area contributed by atoms with Crippen LogP contribution in [0, 0.1) is 25.5 Å². The second-order valence-electron chi connectivity index (χ2n) is 3.80. The highest BCUT2D eigenvalue weighted by molar-refractivity contribution is 5.66. The number of aromatic hydroxyl groups is 1. The van der Waals surface area contributed by atoms with Gasteiger partial charge in [-0.3, -0.25) is 0 Å². The molecule has 0 saturated carbocycles. The van der Waals surface area contributed by atoms with E-state index in [1.165, 1.54) is 6.07 Å². The number of aryl methyl sites for hydroxylation is 2. The summed E-state index contributed by atoms with van der Waals surface area (Å²) >= 11 is 0. The summed E-state index contributed by atoms with van der Waals surface area (Å²) in [6.07, 6.45) is 0. The van der Waals surface area contributed by atoms with Gasteiger partial charge in [0.05, 0.1) is 5.69 Å². The first kappa shape index (κ1) is 10.7. The Kier molecular flexibility index (Phi) is 2.42. The molecule has 2 rings (SSSR count). The number of H-pyrrole nitrogens is 1. The van der Waals surface area contributed by atoms with Crippen LogP contribution in [-0.4, -0.2) is 10.1 Å². The average molecular weight is 223 g/mol. The van der Waals surface area contributed by atoms with Crippen molar-refractivity contribution in [1.82, 2.24) is 4.98 Å². The molecule has 2 aromatic rings. The van der Waals surface area contributed by atoms with Crippen molar-refractivity contribution in [3.63, 3.8) is 0 Å². The summed E-state index contributed by atoms with van der Waals surface area (Å²) in [6, 6.07) is 3.79. The minimum Gasteiger partial charge on any atom is -0.508 e. The van der Waals surface area contributed by atoms with E-state index in [1.807, 2.05) is 13.0 Å². The molecule has 0 amide bonds. The number of halogens is 2. The second kappa shape index (κ2) is 3.63. The standard InChI is InChI=1S/C12H11F2NO/c1-6-3-7(2)15-12(6)9-4-8(16)5-10(13)11(9)14/h3-5,15-16H,1-2H3. The SMILES string of the molecule is Cc1cc(C)c(-c2cc(O)cc(F)c2F)[nH]1. The quantitative estimate of drug-likeness (QED) is 0.764. The Labute approximate surface area is 91.6 Å². The van der Waals surface area contributed by atoms with Crippen LogP contribution in [0.15, 0.2) is 18.2 Å². The highest BCUT2D eigenvalue weighted by Crippen LogP contribution is 2.30. The van der Waals surface area contributed by atoms with Crippen LogP contribution >= 0.6 is 0 Å². The average Bonchev–Trinajstić information content (AvgIpc) is 2.51. The van der Waals surface area contributed by atoms with Crippen molar-refractivity contribution in [2.75, 3.05) is 0 Å². The van der Waals surface area contributed by atoms with Gasteiger partial charge in [0.1, 0.15) is 5.75 Å². The number of aromatic amines is 1. The summed E-state index contributed by atoms with van der Waals surface area (Å²) in [6.45, 7) is 3.62. The van der Waals surface area contributed by atoms with E-state index >= 15 is 0 Å². The fourth-order valence-electron chi connectivity index (χ4n) is 1.77. The summed E-state index contributed by atoms with van der Waals surface area (Å²) in [5, 5.41) is 9.26. The zero-order valence-corrected chi connectivity index (χ0v) is 8.94. The number of benzene rings is 1. The normalized spacial score (nSPS) is 10.8. The summed E-state index contributed by atoms with van der Waals surface area (Å²) < 4.78 is 26.7. The lowest BCUT2D eigenvalue weighted by Gasteiger charge is -2.04. The molecule has 84 valence electrons. The van der Waals surface area contributed by atoms with Crippen molar-refractivity contribution in [2.24, 2.45) is 0 Å². The fourth-order valence-corrected chi connectivity index (χ4v) is 1.77. The van der Waals surface area contributed by atoms with Gasteiger partial charge in [-0.2, -0.15) is 0 Å². The molecule has 1 heterocycles. The van der Waals surface area contributed by atoms with E-state index in [4.69, 9.17) is 0 Å². The Balaban J connectivity index is 2.68. The third-order valence-corrected chi connectivity index (χ3v) is 2.43. The fraction of sp³-hybridized carbons (Fsp3) is 0.167. The zero-order valence-electron chi connectivity index (χ0n) is 8.94. The van der Waals surface area contributed by atoms with E-state index in [-0.39, 0.29) is 11.3 Å². The first-order valence-corrected chi connectivity index (χ1v) is 4.83. The molecule has 0 spiro atoms. The van der Waals surface area contributed by atoms with Crippen LogP contribution in [0.4, 0.5) is 8.78 Å². The van der Waals surface area contributed by atoms with Crippen LogP contribution < -0.4 is 0 Å². The van der Waals surface area contributed by atoms with Gasteiger partial charge in [-0.1, -0.05) is 0 Å². The minimum absolute atomic E-state index is 0.0445. The molecule has 16 heavy (non-hydrogen) atoms. The summed E-state index contributed by atoms with van der Waals surface area (Å²) in [5.74, 6) is -2.30. The van der Waals surface area contributed by atoms with Gasteiger partial charge < -0.3 is 10.1 Å². The third-order valence-electron chi connectivity index (χ3n) is 2.43. The van der Waals surface area contributed by atoms with Gasteiger partial charge >= 0.3 is 0 Å². The van der Waals surface area contributed by atoms with Crippen LogP contribution in [0.1, 0.15) is 11.3 Å². The van der Waals surface area contributed by atoms with Crippen molar-refractivity contribution in [2.45, 2.75) is 13.8 Å². The first-order valence-electron chi connectivity index (χ1n) is 4.83. The van der Waals surface area contributed by atoms with Gasteiger partial charge in [-0.05, 0) is 31.5 Å². The second-order valence-corrected chi connectivity index (χ2v) is 3.80. The smallest absolute Gasteiger partial charge is 0.168 e. The van der Waals surface area contributed by atoms with E-state index in [0.29, 0.717) is 5.69 Å². The van der Waals surface area contributed by atoms with Gasteiger partial charge in [0.15, 0.2) is 11.6 Å². The number of aromatic nitrogens is 1. The molecule has 0 fully saturated rings. The predicted octanol–water partition coefficient (Wildman–Crippen LogP) is 3.28. The number of hydrogen-bond acceptors (Lipinski definition) is 1. The number of rotatable bonds is 1. The van der Waals surface area contributed by atoms with Gasteiger partial charge in [-0.15, -0.1) is 0 Å². The molecule has 0 bridgehead atoms. The van der Waals surface area contributed by atoms with Crippen molar-refractivity contribution in [1.29, 1.82) is 0 Å². The molecule has 0 radical (unpaired) electrons. The van der Waals surface area contributed by atoms with E-state index < -0.39 is 11.6 Å². The molecule has 2 N–H and O–H groups in total. The number of nitrogens with one attached hydrogen (secondary N) is 1. The molecule has 0 aliphatic rings. The Morgan fingerprint density at radius 3 is 2.38 bits per heavy atom. The van der Waals surface area contributed by atoms with Crippen LogP contribution in [0.5, 0.6) is 5.75 Å². The van der Waals surface area contributed by atoms with Gasteiger partial charge in [0, 0.05) is 17.3 Å². The number of phenolic OH excluding ortho intramolecular Hbond substituents is 1. The summed E-state index contributed by atoms with van der Waals surface area (Å²) in [4.78, 5) is 2.94. The van der Waals surface area contributed by atoms with Crippen LogP contribution in [0.25, 0.3) is 11.3 Å². The molecule has 0 atom stereocenters. The van der Waals surface area contributed by atoms with Crippen molar-refractivity contribution in [3.8, 4) is 17.0 Å². The van der Waals surface area contributed by atoms with E-state index in [0.717, 1.165) is 17.3 Å². The molecular formula is C12H11F2NO. The minimum atomic E-state index is -1.05. The molecule has 1 aromatic carbocycles. The molecule has 0 aliphatic heterocycles. The molecule has 2 nitrogen and oxygen atoms in total. The van der Waals surface area contributed by atoms with Crippen molar-refractivity contribution in [3.05, 3.63) is 41.1 Å². The number of phenols is 1. The van der Waals surface area contributed by atoms with Gasteiger partial charge in [0.2, 0.25) is 0 Å². The van der Waals surface area contributed by atoms with E-state index in [2.05, 4.69) is 4.98 Å². The molecule has 0 saturated heterocycles. The zero-order chi connectivity index (χ0) is 11.9. The lowest BCUT2D eigenvalue weighted by atomic mass is 10.1.